The van der Waals surface area contributed by atoms with Gasteiger partial charge in [0, 0.05) is 11.9 Å². The monoisotopic (exact) mass is 357 g/mol. The Morgan fingerprint density at radius 3 is 2.77 bits per heavy atom. The van der Waals surface area contributed by atoms with Crippen LogP contribution in [0.4, 0.5) is 0 Å². The summed E-state index contributed by atoms with van der Waals surface area (Å²) < 4.78 is 27.1. The molecular weight excluding hydrogens is 338 g/mol. The van der Waals surface area contributed by atoms with E-state index in [4.69, 9.17) is 0 Å². The van der Waals surface area contributed by atoms with Crippen LogP contribution in [-0.4, -0.2) is 31.4 Å². The number of nitrogens with zero attached hydrogens (tertiary/aromatic N) is 2. The summed E-state index contributed by atoms with van der Waals surface area (Å²) in [5, 5.41) is 4.60. The average molecular weight is 358 g/mol. The highest BCUT2D eigenvalue weighted by Gasteiger charge is 2.16. The molecule has 8 heteroatoms. The molecule has 0 aliphatic carbocycles. The first kappa shape index (κ1) is 16.1. The zero-order valence-corrected chi connectivity index (χ0v) is 14.6. The van der Waals surface area contributed by atoms with Gasteiger partial charge in [0.05, 0.1) is 12.2 Å². The van der Waals surface area contributed by atoms with Crippen molar-refractivity contribution < 1.29 is 8.42 Å². The van der Waals surface area contributed by atoms with Crippen LogP contribution < -0.4 is 4.72 Å². The molecule has 0 aromatic carbocycles. The topological polar surface area (TPSA) is 62.3 Å². The first-order chi connectivity index (χ1) is 10.6. The van der Waals surface area contributed by atoms with Gasteiger partial charge in [-0.15, -0.1) is 22.7 Å². The molecule has 0 unspecified atom stereocenters. The summed E-state index contributed by atoms with van der Waals surface area (Å²) in [5.41, 5.74) is 1.04. The number of rotatable bonds is 6. The molecule has 0 saturated carbocycles. The molecular formula is C14H19N3O2S3. The molecule has 0 spiro atoms. The van der Waals surface area contributed by atoms with Gasteiger partial charge in [-0.3, -0.25) is 4.90 Å². The second-order valence-corrected chi connectivity index (χ2v) is 9.21. The maximum Gasteiger partial charge on any atom is 0.250 e. The van der Waals surface area contributed by atoms with Crippen LogP contribution in [0.5, 0.6) is 0 Å². The van der Waals surface area contributed by atoms with E-state index in [1.54, 1.807) is 17.5 Å². The van der Waals surface area contributed by atoms with Gasteiger partial charge < -0.3 is 0 Å². The van der Waals surface area contributed by atoms with Gasteiger partial charge in [0.25, 0.3) is 0 Å². The van der Waals surface area contributed by atoms with Crippen LogP contribution in [0.25, 0.3) is 0 Å². The number of thiophene rings is 1. The molecule has 3 rings (SSSR count). The molecule has 0 radical (unpaired) electrons. The van der Waals surface area contributed by atoms with Crippen molar-refractivity contribution in [2.24, 2.45) is 0 Å². The molecule has 1 N–H and O–H groups in total. The van der Waals surface area contributed by atoms with E-state index in [1.807, 2.05) is 5.38 Å². The van der Waals surface area contributed by atoms with Crippen LogP contribution in [0, 0.1) is 0 Å². The summed E-state index contributed by atoms with van der Waals surface area (Å²) in [4.78, 5) is 6.96. The smallest absolute Gasteiger partial charge is 0.250 e. The predicted octanol–water partition coefficient (Wildman–Crippen LogP) is 2.67. The molecule has 22 heavy (non-hydrogen) atoms. The van der Waals surface area contributed by atoms with E-state index in [-0.39, 0.29) is 6.54 Å². The number of hydrogen-bond acceptors (Lipinski definition) is 6. The first-order valence-electron chi connectivity index (χ1n) is 7.32. The lowest BCUT2D eigenvalue weighted by Crippen LogP contribution is -2.29. The number of sulfonamides is 1. The van der Waals surface area contributed by atoms with E-state index >= 15 is 0 Å². The lowest BCUT2D eigenvalue weighted by atomic mass is 10.1. The van der Waals surface area contributed by atoms with E-state index < -0.39 is 10.0 Å². The Kier molecular flexibility index (Phi) is 5.25. The van der Waals surface area contributed by atoms with Crippen LogP contribution in [0.1, 0.15) is 30.0 Å². The molecule has 0 atom stereocenters. The van der Waals surface area contributed by atoms with Gasteiger partial charge in [0.1, 0.15) is 9.22 Å². The fourth-order valence-corrected chi connectivity index (χ4v) is 5.34. The number of nitrogens with one attached hydrogen (secondary N) is 1. The van der Waals surface area contributed by atoms with Crippen LogP contribution in [0.15, 0.2) is 27.1 Å². The molecule has 2 aromatic heterocycles. The lowest BCUT2D eigenvalue weighted by Gasteiger charge is -2.25. The maximum absolute atomic E-state index is 12.1. The van der Waals surface area contributed by atoms with Gasteiger partial charge in [-0.05, 0) is 37.4 Å². The largest absolute Gasteiger partial charge is 0.297 e. The number of thiazole rings is 1. The fourth-order valence-electron chi connectivity index (χ4n) is 2.49. The third kappa shape index (κ3) is 4.14. The maximum atomic E-state index is 12.1. The molecule has 1 fully saturated rings. The van der Waals surface area contributed by atoms with Gasteiger partial charge in [-0.25, -0.2) is 18.1 Å². The standard InChI is InChI=1S/C14H19N3O2S3/c18-22(19,14-5-4-8-20-14)15-9-13-16-12(11-21-13)10-17-6-2-1-3-7-17/h4-5,8,11,15H,1-3,6-7,9-10H2. The number of likely N-dealkylation sites (tertiary alicyclic amines) is 1. The number of piperidine rings is 1. The highest BCUT2D eigenvalue weighted by Crippen LogP contribution is 2.18. The molecule has 3 heterocycles. The summed E-state index contributed by atoms with van der Waals surface area (Å²) in [7, 11) is -3.41. The molecule has 0 bridgehead atoms. The second kappa shape index (κ2) is 7.18. The molecule has 1 aliphatic heterocycles. The Morgan fingerprint density at radius 1 is 1.23 bits per heavy atom. The van der Waals surface area contributed by atoms with E-state index in [2.05, 4.69) is 14.6 Å². The zero-order chi connectivity index (χ0) is 15.4. The third-order valence-electron chi connectivity index (χ3n) is 3.61. The summed E-state index contributed by atoms with van der Waals surface area (Å²) in [5.74, 6) is 0. The quantitative estimate of drug-likeness (QED) is 0.863. The van der Waals surface area contributed by atoms with Crippen LogP contribution in [-0.2, 0) is 23.1 Å². The van der Waals surface area contributed by atoms with Crippen molar-refractivity contribution in [3.8, 4) is 0 Å². The Hall–Kier alpha value is -0.800. The van der Waals surface area contributed by atoms with Gasteiger partial charge in [0.2, 0.25) is 10.0 Å². The number of aromatic nitrogens is 1. The zero-order valence-electron chi connectivity index (χ0n) is 12.2. The minimum absolute atomic E-state index is 0.255. The van der Waals surface area contributed by atoms with Crippen molar-refractivity contribution in [1.29, 1.82) is 0 Å². The van der Waals surface area contributed by atoms with Crippen LogP contribution in [0.3, 0.4) is 0 Å². The minimum atomic E-state index is -3.41. The Morgan fingerprint density at radius 2 is 2.05 bits per heavy atom. The average Bonchev–Trinajstić information content (AvgIpc) is 3.18. The Labute approximate surface area is 139 Å². The summed E-state index contributed by atoms with van der Waals surface area (Å²) >= 11 is 2.73. The van der Waals surface area contributed by atoms with Gasteiger partial charge >= 0.3 is 0 Å². The molecule has 5 nitrogen and oxygen atoms in total. The van der Waals surface area contributed by atoms with Crippen molar-refractivity contribution in [2.75, 3.05) is 13.1 Å². The second-order valence-electron chi connectivity index (χ2n) is 5.33. The Balaban J connectivity index is 1.55. The fraction of sp³-hybridized carbons (Fsp3) is 0.500. The van der Waals surface area contributed by atoms with Gasteiger partial charge in [-0.2, -0.15) is 0 Å². The van der Waals surface area contributed by atoms with Crippen molar-refractivity contribution in [2.45, 2.75) is 36.6 Å². The first-order valence-corrected chi connectivity index (χ1v) is 10.6. The van der Waals surface area contributed by atoms with Crippen LogP contribution in [0.2, 0.25) is 0 Å². The SMILES string of the molecule is O=S(=O)(NCc1nc(CN2CCCCC2)cs1)c1cccs1. The Bertz CT molecular complexity index is 689. The van der Waals surface area contributed by atoms with Crippen LogP contribution >= 0.6 is 22.7 Å². The van der Waals surface area contributed by atoms with Crippen molar-refractivity contribution >= 4 is 32.7 Å². The summed E-state index contributed by atoms with van der Waals surface area (Å²) in [6, 6.07) is 3.34. The summed E-state index contributed by atoms with van der Waals surface area (Å²) in [6.07, 6.45) is 3.85. The van der Waals surface area contributed by atoms with E-state index in [1.165, 1.54) is 41.9 Å². The van der Waals surface area contributed by atoms with E-state index in [0.717, 1.165) is 30.3 Å². The molecule has 1 aliphatic rings. The van der Waals surface area contributed by atoms with Crippen molar-refractivity contribution in [1.82, 2.24) is 14.6 Å². The van der Waals surface area contributed by atoms with E-state index in [0.29, 0.717) is 4.21 Å². The molecule has 0 amide bonds. The number of hydrogen-bond donors (Lipinski definition) is 1. The van der Waals surface area contributed by atoms with Gasteiger partial charge in [0.15, 0.2) is 0 Å². The lowest BCUT2D eigenvalue weighted by molar-refractivity contribution is 0.219. The van der Waals surface area contributed by atoms with Crippen molar-refractivity contribution in [3.63, 3.8) is 0 Å². The van der Waals surface area contributed by atoms with E-state index in [9.17, 15) is 8.42 Å². The molecule has 1 saturated heterocycles. The third-order valence-corrected chi connectivity index (χ3v) is 7.30. The highest BCUT2D eigenvalue weighted by molar-refractivity contribution is 7.91. The normalized spacial score (nSPS) is 16.9. The predicted molar refractivity (Wildman–Crippen MR) is 89.6 cm³/mol. The molecule has 2 aromatic rings. The highest BCUT2D eigenvalue weighted by atomic mass is 32.2. The van der Waals surface area contributed by atoms with Crippen molar-refractivity contribution in [3.05, 3.63) is 33.6 Å². The van der Waals surface area contributed by atoms with Gasteiger partial charge in [-0.1, -0.05) is 12.5 Å². The summed E-state index contributed by atoms with van der Waals surface area (Å²) in [6.45, 7) is 3.40. The molecule has 120 valence electrons. The minimum Gasteiger partial charge on any atom is -0.297 e.